The van der Waals surface area contributed by atoms with Crippen molar-refractivity contribution in [2.45, 2.75) is 44.6 Å². The molecule has 0 aromatic heterocycles. The molecule has 1 aliphatic heterocycles. The van der Waals surface area contributed by atoms with Crippen LogP contribution in [0.4, 0.5) is 0 Å². The maximum atomic E-state index is 3.71. The number of hydrogen-bond donors (Lipinski definition) is 1. The van der Waals surface area contributed by atoms with Gasteiger partial charge in [-0.15, -0.1) is 0 Å². The summed E-state index contributed by atoms with van der Waals surface area (Å²) in [7, 11) is 0. The Balaban J connectivity index is 1.86. The van der Waals surface area contributed by atoms with Gasteiger partial charge in [0.1, 0.15) is 0 Å². The van der Waals surface area contributed by atoms with Crippen molar-refractivity contribution in [3.63, 3.8) is 0 Å². The molecule has 1 heteroatoms. The summed E-state index contributed by atoms with van der Waals surface area (Å²) in [6.07, 6.45) is 8.10. The van der Waals surface area contributed by atoms with Gasteiger partial charge in [0.2, 0.25) is 0 Å². The Kier molecular flexibility index (Phi) is 2.96. The van der Waals surface area contributed by atoms with Crippen molar-refractivity contribution < 1.29 is 0 Å². The average molecular weight is 214 g/mol. The normalized spacial score (nSPS) is 26.4. The SMILES string of the molecule is c1ccc2c(c1)CCNC2[C]1CCCCC1. The van der Waals surface area contributed by atoms with Crippen LogP contribution in [0.3, 0.4) is 0 Å². The molecule has 85 valence electrons. The van der Waals surface area contributed by atoms with E-state index in [2.05, 4.69) is 29.6 Å². The first kappa shape index (κ1) is 10.3. The molecule has 0 spiro atoms. The van der Waals surface area contributed by atoms with Crippen molar-refractivity contribution in [1.29, 1.82) is 0 Å². The maximum Gasteiger partial charge on any atom is 0.0386 e. The molecule has 1 heterocycles. The molecule has 0 bridgehead atoms. The summed E-state index contributed by atoms with van der Waals surface area (Å²) in [6, 6.07) is 9.53. The highest BCUT2D eigenvalue weighted by atomic mass is 14.9. The van der Waals surface area contributed by atoms with Crippen LogP contribution in [0.5, 0.6) is 0 Å². The van der Waals surface area contributed by atoms with Gasteiger partial charge < -0.3 is 5.32 Å². The van der Waals surface area contributed by atoms with Crippen LogP contribution in [0, 0.1) is 5.92 Å². The number of nitrogens with one attached hydrogen (secondary N) is 1. The number of rotatable bonds is 1. The van der Waals surface area contributed by atoms with Gasteiger partial charge in [0.05, 0.1) is 0 Å². The number of hydrogen-bond acceptors (Lipinski definition) is 1. The minimum absolute atomic E-state index is 0.560. The van der Waals surface area contributed by atoms with E-state index in [0.29, 0.717) is 6.04 Å². The fourth-order valence-corrected chi connectivity index (χ4v) is 3.16. The Labute approximate surface area is 98.3 Å². The lowest BCUT2D eigenvalue weighted by molar-refractivity contribution is 0.418. The minimum Gasteiger partial charge on any atom is -0.309 e. The predicted molar refractivity (Wildman–Crippen MR) is 67.2 cm³/mol. The molecule has 3 rings (SSSR count). The molecule has 2 aliphatic rings. The summed E-state index contributed by atoms with van der Waals surface area (Å²) < 4.78 is 0. The topological polar surface area (TPSA) is 12.0 Å². The number of fused-ring (bicyclic) bond motifs is 1. The number of benzene rings is 1. The van der Waals surface area contributed by atoms with Gasteiger partial charge in [-0.1, -0.05) is 43.5 Å². The largest absolute Gasteiger partial charge is 0.309 e. The van der Waals surface area contributed by atoms with E-state index in [1.54, 1.807) is 17.0 Å². The van der Waals surface area contributed by atoms with Crippen molar-refractivity contribution in [3.8, 4) is 0 Å². The molecule has 1 N–H and O–H groups in total. The average Bonchev–Trinajstić information content (AvgIpc) is 2.39. The van der Waals surface area contributed by atoms with Crippen molar-refractivity contribution in [2.75, 3.05) is 6.54 Å². The molecular weight excluding hydrogens is 194 g/mol. The quantitative estimate of drug-likeness (QED) is 0.755. The summed E-state index contributed by atoms with van der Waals surface area (Å²) in [5, 5.41) is 3.71. The highest BCUT2D eigenvalue weighted by molar-refractivity contribution is 5.36. The van der Waals surface area contributed by atoms with Gasteiger partial charge in [0, 0.05) is 6.04 Å². The molecule has 0 amide bonds. The molecule has 1 nitrogen and oxygen atoms in total. The second-order valence-corrected chi connectivity index (χ2v) is 5.05. The van der Waals surface area contributed by atoms with Gasteiger partial charge in [-0.25, -0.2) is 0 Å². The molecule has 1 atom stereocenters. The lowest BCUT2D eigenvalue weighted by Crippen LogP contribution is -2.34. The molecule has 0 saturated heterocycles. The van der Waals surface area contributed by atoms with Gasteiger partial charge >= 0.3 is 0 Å². The summed E-state index contributed by atoms with van der Waals surface area (Å²) in [5.41, 5.74) is 3.11. The Bertz CT molecular complexity index is 352. The van der Waals surface area contributed by atoms with Gasteiger partial charge in [0.25, 0.3) is 0 Å². The second kappa shape index (κ2) is 4.58. The highest BCUT2D eigenvalue weighted by Gasteiger charge is 2.28. The molecular formula is C15H20N. The Hall–Kier alpha value is -0.820. The fraction of sp³-hybridized carbons (Fsp3) is 0.533. The Morgan fingerprint density at radius 3 is 2.62 bits per heavy atom. The van der Waals surface area contributed by atoms with Crippen molar-refractivity contribution in [2.24, 2.45) is 0 Å². The first-order valence-corrected chi connectivity index (χ1v) is 6.61. The van der Waals surface area contributed by atoms with E-state index in [9.17, 15) is 0 Å². The van der Waals surface area contributed by atoms with Crippen LogP contribution in [0.2, 0.25) is 0 Å². The van der Waals surface area contributed by atoms with Gasteiger partial charge in [0.15, 0.2) is 0 Å². The van der Waals surface area contributed by atoms with Gasteiger partial charge in [-0.05, 0) is 42.9 Å². The zero-order valence-corrected chi connectivity index (χ0v) is 9.84. The lowest BCUT2D eigenvalue weighted by Gasteiger charge is -2.35. The van der Waals surface area contributed by atoms with Crippen molar-refractivity contribution in [3.05, 3.63) is 41.3 Å². The molecule has 1 radical (unpaired) electrons. The second-order valence-electron chi connectivity index (χ2n) is 5.05. The van der Waals surface area contributed by atoms with Crippen LogP contribution in [-0.2, 0) is 6.42 Å². The molecule has 1 saturated carbocycles. The minimum atomic E-state index is 0.560. The summed E-state index contributed by atoms with van der Waals surface area (Å²) >= 11 is 0. The lowest BCUT2D eigenvalue weighted by atomic mass is 9.78. The van der Waals surface area contributed by atoms with Crippen LogP contribution in [0.15, 0.2) is 24.3 Å². The van der Waals surface area contributed by atoms with E-state index in [0.717, 1.165) is 6.54 Å². The van der Waals surface area contributed by atoms with E-state index in [1.807, 2.05) is 0 Å². The van der Waals surface area contributed by atoms with E-state index in [-0.39, 0.29) is 0 Å². The summed E-state index contributed by atoms with van der Waals surface area (Å²) in [5.74, 6) is 1.75. The van der Waals surface area contributed by atoms with Crippen molar-refractivity contribution in [1.82, 2.24) is 5.32 Å². The van der Waals surface area contributed by atoms with E-state index >= 15 is 0 Å². The van der Waals surface area contributed by atoms with E-state index < -0.39 is 0 Å². The van der Waals surface area contributed by atoms with Crippen LogP contribution in [-0.4, -0.2) is 6.54 Å². The third kappa shape index (κ3) is 1.89. The van der Waals surface area contributed by atoms with Gasteiger partial charge in [-0.2, -0.15) is 0 Å². The van der Waals surface area contributed by atoms with Gasteiger partial charge in [-0.3, -0.25) is 0 Å². The summed E-state index contributed by atoms with van der Waals surface area (Å²) in [4.78, 5) is 0. The van der Waals surface area contributed by atoms with E-state index in [1.165, 1.54) is 38.5 Å². The molecule has 16 heavy (non-hydrogen) atoms. The maximum absolute atomic E-state index is 3.71. The Morgan fingerprint density at radius 1 is 0.938 bits per heavy atom. The third-order valence-electron chi connectivity index (χ3n) is 4.01. The molecule has 1 aliphatic carbocycles. The fourth-order valence-electron chi connectivity index (χ4n) is 3.16. The smallest absolute Gasteiger partial charge is 0.0386 e. The van der Waals surface area contributed by atoms with Crippen molar-refractivity contribution >= 4 is 0 Å². The monoisotopic (exact) mass is 214 g/mol. The van der Waals surface area contributed by atoms with Crippen LogP contribution < -0.4 is 5.32 Å². The Morgan fingerprint density at radius 2 is 1.75 bits per heavy atom. The molecule has 1 aromatic carbocycles. The molecule has 1 unspecified atom stereocenters. The zero-order chi connectivity index (χ0) is 10.8. The third-order valence-corrected chi connectivity index (χ3v) is 4.01. The highest BCUT2D eigenvalue weighted by Crippen LogP contribution is 2.38. The van der Waals surface area contributed by atoms with Crippen LogP contribution in [0.25, 0.3) is 0 Å². The molecule has 1 aromatic rings. The first-order valence-electron chi connectivity index (χ1n) is 6.61. The van der Waals surface area contributed by atoms with Crippen LogP contribution >= 0.6 is 0 Å². The predicted octanol–water partition coefficient (Wildman–Crippen LogP) is 3.41. The summed E-state index contributed by atoms with van der Waals surface area (Å²) in [6.45, 7) is 1.14. The van der Waals surface area contributed by atoms with Crippen LogP contribution in [0.1, 0.15) is 49.3 Å². The van der Waals surface area contributed by atoms with E-state index in [4.69, 9.17) is 0 Å². The zero-order valence-electron chi connectivity index (χ0n) is 9.84. The standard InChI is InChI=1S/C15H20N/c1-2-7-13(8-3-1)15-14-9-5-4-6-12(14)10-11-16-15/h4-6,9,15-16H,1-3,7-8,10-11H2. The first-order chi connectivity index (χ1) is 7.95. The molecule has 1 fully saturated rings.